The number of halogens is 1. The van der Waals surface area contributed by atoms with Crippen LogP contribution in [0.25, 0.3) is 0 Å². The van der Waals surface area contributed by atoms with Crippen LogP contribution in [-0.2, 0) is 14.8 Å². The zero-order valence-electron chi connectivity index (χ0n) is 15.9. The van der Waals surface area contributed by atoms with Crippen molar-refractivity contribution >= 4 is 27.5 Å². The number of rotatable bonds is 5. The molecule has 1 aliphatic heterocycles. The van der Waals surface area contributed by atoms with E-state index in [1.165, 1.54) is 29.4 Å². The van der Waals surface area contributed by atoms with Crippen LogP contribution in [0, 0.1) is 18.7 Å². The maximum absolute atomic E-state index is 14.0. The molecule has 2 aromatic carbocycles. The van der Waals surface area contributed by atoms with Crippen molar-refractivity contribution in [1.29, 1.82) is 0 Å². The van der Waals surface area contributed by atoms with Crippen molar-refractivity contribution in [2.45, 2.75) is 24.7 Å². The number of amides is 2. The number of benzene rings is 2. The van der Waals surface area contributed by atoms with E-state index >= 15 is 0 Å². The normalized spacial score (nSPS) is 15.8. The Morgan fingerprint density at radius 1 is 1.14 bits per heavy atom. The molecule has 0 aromatic heterocycles. The fourth-order valence-corrected chi connectivity index (χ4v) is 4.78. The Kier molecular flexibility index (Phi) is 5.99. The average Bonchev–Trinajstić information content (AvgIpc) is 2.71. The molecule has 3 rings (SSSR count). The number of nitrogens with zero attached hydrogens (tertiary/aromatic N) is 1. The van der Waals surface area contributed by atoms with E-state index in [4.69, 9.17) is 5.73 Å². The third kappa shape index (κ3) is 4.46. The summed E-state index contributed by atoms with van der Waals surface area (Å²) < 4.78 is 40.7. The zero-order chi connectivity index (χ0) is 21.2. The van der Waals surface area contributed by atoms with Gasteiger partial charge in [0.1, 0.15) is 5.82 Å². The van der Waals surface area contributed by atoms with Gasteiger partial charge in [-0.1, -0.05) is 18.2 Å². The predicted molar refractivity (Wildman–Crippen MR) is 106 cm³/mol. The second-order valence-corrected chi connectivity index (χ2v) is 8.91. The molecule has 0 unspecified atom stereocenters. The fourth-order valence-electron chi connectivity index (χ4n) is 3.29. The maximum atomic E-state index is 14.0. The minimum atomic E-state index is -3.60. The molecule has 0 spiro atoms. The highest BCUT2D eigenvalue weighted by molar-refractivity contribution is 7.89. The number of hydrogen-bond acceptors (Lipinski definition) is 4. The molecule has 0 radical (unpaired) electrons. The van der Waals surface area contributed by atoms with Gasteiger partial charge in [0, 0.05) is 35.8 Å². The summed E-state index contributed by atoms with van der Waals surface area (Å²) >= 11 is 0. The Labute approximate surface area is 168 Å². The second kappa shape index (κ2) is 8.30. The first-order valence-corrected chi connectivity index (χ1v) is 10.6. The largest absolute Gasteiger partial charge is 0.366 e. The molecule has 2 amide bonds. The van der Waals surface area contributed by atoms with Gasteiger partial charge in [0.25, 0.3) is 0 Å². The van der Waals surface area contributed by atoms with Crippen molar-refractivity contribution < 1.29 is 22.4 Å². The first-order chi connectivity index (χ1) is 13.7. The standard InChI is InChI=1S/C20H22FN3O4S/c1-13-17(21)11-15(19(22)25)12-18(13)23-20(26)14-7-9-24(10-8-14)29(27,28)16-5-3-2-4-6-16/h2-6,11-12,14H,7-10H2,1H3,(H2,22,25)(H,23,26). The monoisotopic (exact) mass is 419 g/mol. The molecule has 0 saturated carbocycles. The van der Waals surface area contributed by atoms with Gasteiger partial charge in [-0.2, -0.15) is 4.31 Å². The third-order valence-electron chi connectivity index (χ3n) is 5.09. The first-order valence-electron chi connectivity index (χ1n) is 9.16. The van der Waals surface area contributed by atoms with E-state index in [9.17, 15) is 22.4 Å². The van der Waals surface area contributed by atoms with Gasteiger partial charge in [0.15, 0.2) is 0 Å². The molecule has 29 heavy (non-hydrogen) atoms. The lowest BCUT2D eigenvalue weighted by molar-refractivity contribution is -0.120. The molecule has 3 N–H and O–H groups in total. The van der Waals surface area contributed by atoms with Crippen LogP contribution in [-0.4, -0.2) is 37.6 Å². The number of carbonyl (C=O) groups excluding carboxylic acids is 2. The molecule has 1 fully saturated rings. The van der Waals surface area contributed by atoms with Crippen LogP contribution in [0.15, 0.2) is 47.4 Å². The number of nitrogens with one attached hydrogen (secondary N) is 1. The Morgan fingerprint density at radius 2 is 1.76 bits per heavy atom. The minimum Gasteiger partial charge on any atom is -0.366 e. The molecule has 9 heteroatoms. The van der Waals surface area contributed by atoms with Gasteiger partial charge < -0.3 is 11.1 Å². The molecule has 1 aliphatic rings. The van der Waals surface area contributed by atoms with Gasteiger partial charge >= 0.3 is 0 Å². The molecule has 7 nitrogen and oxygen atoms in total. The van der Waals surface area contributed by atoms with Crippen molar-refractivity contribution in [2.24, 2.45) is 11.7 Å². The Balaban J connectivity index is 1.68. The van der Waals surface area contributed by atoms with Crippen LogP contribution >= 0.6 is 0 Å². The van der Waals surface area contributed by atoms with E-state index < -0.39 is 27.7 Å². The summed E-state index contributed by atoms with van der Waals surface area (Å²) in [6, 6.07) is 10.5. The van der Waals surface area contributed by atoms with Crippen molar-refractivity contribution in [2.75, 3.05) is 18.4 Å². The van der Waals surface area contributed by atoms with Gasteiger partial charge in [-0.3, -0.25) is 9.59 Å². The second-order valence-electron chi connectivity index (χ2n) is 6.98. The SMILES string of the molecule is Cc1c(F)cc(C(N)=O)cc1NC(=O)C1CCN(S(=O)(=O)c2ccccc2)CC1. The van der Waals surface area contributed by atoms with Crippen LogP contribution < -0.4 is 11.1 Å². The summed E-state index contributed by atoms with van der Waals surface area (Å²) in [5.74, 6) is -2.19. The third-order valence-corrected chi connectivity index (χ3v) is 7.01. The van der Waals surface area contributed by atoms with E-state index in [1.807, 2.05) is 0 Å². The van der Waals surface area contributed by atoms with E-state index in [0.29, 0.717) is 12.8 Å². The number of sulfonamides is 1. The number of nitrogens with two attached hydrogens (primary N) is 1. The number of hydrogen-bond donors (Lipinski definition) is 2. The van der Waals surface area contributed by atoms with Crippen LogP contribution in [0.4, 0.5) is 10.1 Å². The molecule has 1 saturated heterocycles. The quantitative estimate of drug-likeness (QED) is 0.775. The first kappa shape index (κ1) is 20.9. The summed E-state index contributed by atoms with van der Waals surface area (Å²) in [4.78, 5) is 24.2. The summed E-state index contributed by atoms with van der Waals surface area (Å²) in [7, 11) is -3.60. The smallest absolute Gasteiger partial charge is 0.248 e. The highest BCUT2D eigenvalue weighted by Gasteiger charge is 2.32. The Bertz CT molecular complexity index is 1030. The van der Waals surface area contributed by atoms with Crippen LogP contribution in [0.2, 0.25) is 0 Å². The summed E-state index contributed by atoms with van der Waals surface area (Å²) in [5.41, 5.74) is 5.55. The van der Waals surface area contributed by atoms with E-state index in [-0.39, 0.29) is 40.7 Å². The number of anilines is 1. The lowest BCUT2D eigenvalue weighted by atomic mass is 9.97. The molecule has 2 aromatic rings. The molecule has 0 aliphatic carbocycles. The molecular weight excluding hydrogens is 397 g/mol. The van der Waals surface area contributed by atoms with Crippen molar-refractivity contribution in [3.05, 3.63) is 59.4 Å². The Morgan fingerprint density at radius 3 is 2.34 bits per heavy atom. The topological polar surface area (TPSA) is 110 Å². The van der Waals surface area contributed by atoms with Crippen LogP contribution in [0.3, 0.4) is 0 Å². The minimum absolute atomic E-state index is 0.0350. The van der Waals surface area contributed by atoms with Gasteiger partial charge in [0.2, 0.25) is 21.8 Å². The molecule has 1 heterocycles. The van der Waals surface area contributed by atoms with E-state index in [1.54, 1.807) is 18.2 Å². The van der Waals surface area contributed by atoms with Crippen molar-refractivity contribution in [3.8, 4) is 0 Å². The van der Waals surface area contributed by atoms with Crippen LogP contribution in [0.5, 0.6) is 0 Å². The Hall–Kier alpha value is -2.78. The van der Waals surface area contributed by atoms with E-state index in [2.05, 4.69) is 5.32 Å². The molecular formula is C20H22FN3O4S. The van der Waals surface area contributed by atoms with E-state index in [0.717, 1.165) is 6.07 Å². The van der Waals surface area contributed by atoms with Crippen molar-refractivity contribution in [3.63, 3.8) is 0 Å². The fraction of sp³-hybridized carbons (Fsp3) is 0.300. The maximum Gasteiger partial charge on any atom is 0.248 e. The van der Waals surface area contributed by atoms with Crippen molar-refractivity contribution in [1.82, 2.24) is 4.31 Å². The van der Waals surface area contributed by atoms with Gasteiger partial charge in [-0.25, -0.2) is 12.8 Å². The predicted octanol–water partition coefficient (Wildman–Crippen LogP) is 2.27. The van der Waals surface area contributed by atoms with Crippen LogP contribution in [0.1, 0.15) is 28.8 Å². The number of carbonyl (C=O) groups is 2. The zero-order valence-corrected chi connectivity index (χ0v) is 16.7. The number of primary amides is 1. The number of piperidine rings is 1. The molecule has 0 atom stereocenters. The summed E-state index contributed by atoms with van der Waals surface area (Å²) in [6.45, 7) is 1.92. The highest BCUT2D eigenvalue weighted by Crippen LogP contribution is 2.26. The summed E-state index contributed by atoms with van der Waals surface area (Å²) in [6.07, 6.45) is 0.684. The molecule has 0 bridgehead atoms. The lowest BCUT2D eigenvalue weighted by Gasteiger charge is -2.30. The molecule has 154 valence electrons. The highest BCUT2D eigenvalue weighted by atomic mass is 32.2. The van der Waals surface area contributed by atoms with Gasteiger partial charge in [0.05, 0.1) is 4.90 Å². The average molecular weight is 419 g/mol. The summed E-state index contributed by atoms with van der Waals surface area (Å²) in [5, 5.41) is 2.65. The lowest BCUT2D eigenvalue weighted by Crippen LogP contribution is -2.41. The van der Waals surface area contributed by atoms with Gasteiger partial charge in [-0.15, -0.1) is 0 Å². The van der Waals surface area contributed by atoms with Gasteiger partial charge in [-0.05, 0) is 44.0 Å².